The van der Waals surface area contributed by atoms with Gasteiger partial charge in [-0.15, -0.1) is 0 Å². The number of carbonyl (C=O) groups is 2. The number of amides is 2. The molecule has 0 fully saturated rings. The van der Waals surface area contributed by atoms with Crippen LogP contribution in [0.3, 0.4) is 0 Å². The first-order chi connectivity index (χ1) is 20.8. The average Bonchev–Trinajstić information content (AvgIpc) is 3.41. The molecular weight excluding hydrogens is 542 g/mol. The number of nitrogens with zero attached hydrogens (tertiary/aromatic N) is 4. The van der Waals surface area contributed by atoms with E-state index in [-0.39, 0.29) is 11.8 Å². The van der Waals surface area contributed by atoms with E-state index < -0.39 is 0 Å². The lowest BCUT2D eigenvalue weighted by molar-refractivity contribution is -0.111. The number of likely N-dealkylation sites (N-methyl/N-ethyl adjacent to an activating group) is 1. The van der Waals surface area contributed by atoms with Crippen molar-refractivity contribution in [2.75, 3.05) is 43.7 Å². The third-order valence-corrected chi connectivity index (χ3v) is 6.51. The highest BCUT2D eigenvalue weighted by molar-refractivity contribution is 6.06. The summed E-state index contributed by atoms with van der Waals surface area (Å²) in [6, 6.07) is 23.9. The monoisotopic (exact) mass is 575 g/mol. The van der Waals surface area contributed by atoms with E-state index in [0.717, 1.165) is 22.3 Å². The quantitative estimate of drug-likeness (QED) is 0.181. The molecule has 2 aromatic heterocycles. The normalized spacial score (nSPS) is 11.2. The Bertz CT molecular complexity index is 1810. The van der Waals surface area contributed by atoms with Gasteiger partial charge in [-0.1, -0.05) is 24.3 Å². The predicted molar refractivity (Wildman–Crippen MR) is 171 cm³/mol. The van der Waals surface area contributed by atoms with Crippen molar-refractivity contribution in [1.82, 2.24) is 19.4 Å². The highest BCUT2D eigenvalue weighted by Gasteiger charge is 2.12. The van der Waals surface area contributed by atoms with Gasteiger partial charge in [0.05, 0.1) is 12.6 Å². The Morgan fingerprint density at radius 2 is 1.65 bits per heavy atom. The number of aromatic nitrogens is 3. The minimum absolute atomic E-state index is 0.260. The van der Waals surface area contributed by atoms with E-state index in [1.165, 1.54) is 6.08 Å². The van der Waals surface area contributed by atoms with Crippen molar-refractivity contribution >= 4 is 45.7 Å². The summed E-state index contributed by atoms with van der Waals surface area (Å²) >= 11 is 0. The second kappa shape index (κ2) is 13.0. The zero-order chi connectivity index (χ0) is 30.3. The van der Waals surface area contributed by atoms with Gasteiger partial charge < -0.3 is 30.2 Å². The standard InChI is InChI=1S/C33H33N7O3/c1-22-19-30(40-18-16-27-28(40)13-7-14-29(27)43-4)38-33(34-22)37-26-12-6-11-25(21-26)36-32(42)23-9-5-10-24(20-23)35-31(41)15-8-17-39(2)3/h5-16,18-21H,17H2,1-4H3,(H,35,41)(H,36,42)(H,34,37,38)/b15-8+. The first-order valence-electron chi connectivity index (χ1n) is 13.7. The summed E-state index contributed by atoms with van der Waals surface area (Å²) in [7, 11) is 5.50. The van der Waals surface area contributed by atoms with Gasteiger partial charge in [-0.3, -0.25) is 9.59 Å². The Kier molecular flexibility index (Phi) is 8.78. The van der Waals surface area contributed by atoms with Gasteiger partial charge in [0.15, 0.2) is 0 Å². The van der Waals surface area contributed by atoms with E-state index in [9.17, 15) is 9.59 Å². The van der Waals surface area contributed by atoms with Crippen molar-refractivity contribution in [1.29, 1.82) is 0 Å². The van der Waals surface area contributed by atoms with E-state index in [0.29, 0.717) is 40.9 Å². The third kappa shape index (κ3) is 7.24. The molecule has 0 aliphatic rings. The first kappa shape index (κ1) is 29.0. The number of rotatable bonds is 10. The van der Waals surface area contributed by atoms with Crippen molar-refractivity contribution in [3.8, 4) is 11.6 Å². The number of aryl methyl sites for hydroxylation is 1. The van der Waals surface area contributed by atoms with E-state index in [2.05, 4.69) is 20.9 Å². The fourth-order valence-corrected chi connectivity index (χ4v) is 4.55. The van der Waals surface area contributed by atoms with Crippen LogP contribution in [0.5, 0.6) is 5.75 Å². The van der Waals surface area contributed by atoms with Crippen LogP contribution in [0.4, 0.5) is 23.0 Å². The molecule has 0 unspecified atom stereocenters. The van der Waals surface area contributed by atoms with Crippen LogP contribution in [0.2, 0.25) is 0 Å². The molecule has 3 aromatic carbocycles. The molecule has 0 radical (unpaired) electrons. The SMILES string of the molecule is COc1cccc2c1ccn2-c1cc(C)nc(Nc2cccc(NC(=O)c3cccc(NC(=O)/C=C/CN(C)C)c3)c2)n1. The second-order valence-electron chi connectivity index (χ2n) is 10.2. The zero-order valence-electron chi connectivity index (χ0n) is 24.5. The van der Waals surface area contributed by atoms with E-state index in [1.807, 2.05) is 79.1 Å². The minimum Gasteiger partial charge on any atom is -0.496 e. The summed E-state index contributed by atoms with van der Waals surface area (Å²) in [5, 5.41) is 9.96. The fourth-order valence-electron chi connectivity index (χ4n) is 4.55. The maximum atomic E-state index is 13.0. The smallest absolute Gasteiger partial charge is 0.255 e. The lowest BCUT2D eigenvalue weighted by Gasteiger charge is -2.12. The lowest BCUT2D eigenvalue weighted by Crippen LogP contribution is -2.14. The topological polar surface area (TPSA) is 113 Å². The van der Waals surface area contributed by atoms with E-state index >= 15 is 0 Å². The molecule has 0 bridgehead atoms. The molecule has 0 atom stereocenters. The van der Waals surface area contributed by atoms with Crippen molar-refractivity contribution in [3.05, 3.63) is 108 Å². The molecule has 0 saturated carbocycles. The number of nitrogens with one attached hydrogen (secondary N) is 3. The van der Waals surface area contributed by atoms with Crippen molar-refractivity contribution < 1.29 is 14.3 Å². The number of ether oxygens (including phenoxy) is 1. The minimum atomic E-state index is -0.305. The fraction of sp³-hybridized carbons (Fsp3) is 0.152. The molecule has 2 heterocycles. The van der Waals surface area contributed by atoms with Gasteiger partial charge in [-0.2, -0.15) is 4.98 Å². The first-order valence-corrected chi connectivity index (χ1v) is 13.7. The maximum Gasteiger partial charge on any atom is 0.255 e. The van der Waals surface area contributed by atoms with Gasteiger partial charge >= 0.3 is 0 Å². The molecule has 0 aliphatic carbocycles. The Hall–Kier alpha value is -5.48. The van der Waals surface area contributed by atoms with E-state index in [4.69, 9.17) is 9.72 Å². The summed E-state index contributed by atoms with van der Waals surface area (Å²) in [6.45, 7) is 2.57. The molecule has 10 heteroatoms. The Morgan fingerprint density at radius 3 is 2.44 bits per heavy atom. The number of methoxy groups -OCH3 is 1. The van der Waals surface area contributed by atoms with Crippen LogP contribution in [0.15, 0.2) is 97.2 Å². The van der Waals surface area contributed by atoms with Gasteiger partial charge in [0, 0.05) is 58.6 Å². The maximum absolute atomic E-state index is 13.0. The van der Waals surface area contributed by atoms with Crippen molar-refractivity contribution in [3.63, 3.8) is 0 Å². The van der Waals surface area contributed by atoms with Gasteiger partial charge in [0.25, 0.3) is 5.91 Å². The highest BCUT2D eigenvalue weighted by atomic mass is 16.5. The van der Waals surface area contributed by atoms with Crippen LogP contribution in [0.1, 0.15) is 16.1 Å². The van der Waals surface area contributed by atoms with Crippen LogP contribution < -0.4 is 20.7 Å². The van der Waals surface area contributed by atoms with Gasteiger partial charge in [-0.25, -0.2) is 4.98 Å². The zero-order valence-corrected chi connectivity index (χ0v) is 24.5. The average molecular weight is 576 g/mol. The summed E-state index contributed by atoms with van der Waals surface area (Å²) in [5.74, 6) is 1.36. The molecule has 0 saturated heterocycles. The number of hydrogen-bond donors (Lipinski definition) is 3. The number of fused-ring (bicyclic) bond motifs is 1. The van der Waals surface area contributed by atoms with Crippen LogP contribution in [-0.2, 0) is 4.79 Å². The highest BCUT2D eigenvalue weighted by Crippen LogP contribution is 2.29. The molecule has 0 aliphatic heterocycles. The summed E-state index contributed by atoms with van der Waals surface area (Å²) in [5.41, 5.74) is 4.00. The molecule has 0 spiro atoms. The third-order valence-electron chi connectivity index (χ3n) is 6.51. The predicted octanol–water partition coefficient (Wildman–Crippen LogP) is 5.79. The molecule has 5 aromatic rings. The van der Waals surface area contributed by atoms with Crippen molar-refractivity contribution in [2.45, 2.75) is 6.92 Å². The Morgan fingerprint density at radius 1 is 0.907 bits per heavy atom. The molecule has 3 N–H and O–H groups in total. The molecule has 218 valence electrons. The molecular formula is C33H33N7O3. The van der Waals surface area contributed by atoms with Crippen LogP contribution in [0, 0.1) is 6.92 Å². The number of benzene rings is 3. The Balaban J connectivity index is 1.29. The van der Waals surface area contributed by atoms with Gasteiger partial charge in [0.2, 0.25) is 11.9 Å². The number of hydrogen-bond acceptors (Lipinski definition) is 7. The van der Waals surface area contributed by atoms with Crippen molar-refractivity contribution in [2.24, 2.45) is 0 Å². The second-order valence-corrected chi connectivity index (χ2v) is 10.2. The van der Waals surface area contributed by atoms with Crippen LogP contribution in [-0.4, -0.2) is 59.0 Å². The van der Waals surface area contributed by atoms with Gasteiger partial charge in [-0.05, 0) is 75.6 Å². The molecule has 43 heavy (non-hydrogen) atoms. The molecule has 2 amide bonds. The molecule has 10 nitrogen and oxygen atoms in total. The van der Waals surface area contributed by atoms with Crippen LogP contribution in [0.25, 0.3) is 16.7 Å². The number of carbonyl (C=O) groups excluding carboxylic acids is 2. The lowest BCUT2D eigenvalue weighted by atomic mass is 10.1. The Labute approximate surface area is 250 Å². The van der Waals surface area contributed by atoms with Gasteiger partial charge in [0.1, 0.15) is 11.6 Å². The number of anilines is 4. The summed E-state index contributed by atoms with van der Waals surface area (Å²) < 4.78 is 7.49. The van der Waals surface area contributed by atoms with E-state index in [1.54, 1.807) is 49.6 Å². The largest absolute Gasteiger partial charge is 0.496 e. The van der Waals surface area contributed by atoms with Crippen LogP contribution >= 0.6 is 0 Å². The summed E-state index contributed by atoms with van der Waals surface area (Å²) in [4.78, 5) is 36.5. The molecule has 5 rings (SSSR count). The summed E-state index contributed by atoms with van der Waals surface area (Å²) in [6.07, 6.45) is 5.21.